The number of aryl methyl sites for hydroxylation is 1. The number of aliphatic hydroxyl groups is 1. The third kappa shape index (κ3) is 7.37. The van der Waals surface area contributed by atoms with E-state index in [9.17, 15) is 9.90 Å². The highest BCUT2D eigenvalue weighted by Crippen LogP contribution is 2.60. The van der Waals surface area contributed by atoms with Gasteiger partial charge in [0.05, 0.1) is 51.7 Å². The summed E-state index contributed by atoms with van der Waals surface area (Å²) in [5.41, 5.74) is 4.34. The minimum Gasteiger partial charge on any atom is -0.497 e. The second-order valence-corrected chi connectivity index (χ2v) is 21.2. The summed E-state index contributed by atoms with van der Waals surface area (Å²) in [5, 5.41) is 21.1. The summed E-state index contributed by atoms with van der Waals surface area (Å²) in [4.78, 5) is 30.9. The lowest BCUT2D eigenvalue weighted by molar-refractivity contribution is -0.146. The molecular weight excluding hydrogens is 778 g/mol. The number of fused-ring (bicyclic) bond motifs is 2. The van der Waals surface area contributed by atoms with Crippen molar-refractivity contribution < 1.29 is 24.2 Å². The fourth-order valence-electron chi connectivity index (χ4n) is 9.41. The molecule has 10 nitrogen and oxygen atoms in total. The molecule has 3 heterocycles. The molecule has 0 radical (unpaired) electrons. The molecule has 59 heavy (non-hydrogen) atoms. The van der Waals surface area contributed by atoms with Gasteiger partial charge in [0.2, 0.25) is 6.41 Å². The topological polar surface area (TPSA) is 110 Å². The van der Waals surface area contributed by atoms with E-state index in [0.29, 0.717) is 30.2 Å². The summed E-state index contributed by atoms with van der Waals surface area (Å²) in [6, 6.07) is 41.0. The molecule has 6 aromatic rings. The molecule has 1 fully saturated rings. The highest BCUT2D eigenvalue weighted by Gasteiger charge is 2.66. The number of aromatic nitrogens is 3. The fraction of sp³-hybridized carbons (Fsp3) is 0.277. The molecule has 0 aliphatic carbocycles. The van der Waals surface area contributed by atoms with Crippen molar-refractivity contribution >= 4 is 54.2 Å². The van der Waals surface area contributed by atoms with Gasteiger partial charge in [-0.25, -0.2) is 0 Å². The molecule has 1 aromatic heterocycles. The monoisotopic (exact) mass is 825 g/mol. The van der Waals surface area contributed by atoms with E-state index >= 15 is 4.79 Å². The molecule has 1 N–H and O–H groups in total. The van der Waals surface area contributed by atoms with Gasteiger partial charge in [0.1, 0.15) is 5.75 Å². The number of carbonyl (C=O) groups is 2. The van der Waals surface area contributed by atoms with E-state index in [1.165, 1.54) is 5.19 Å². The Morgan fingerprint density at radius 1 is 0.949 bits per heavy atom. The molecule has 2 aliphatic heterocycles. The van der Waals surface area contributed by atoms with Gasteiger partial charge in [0.15, 0.2) is 5.60 Å². The molecule has 0 bridgehead atoms. The normalized spacial score (nSPS) is 20.5. The van der Waals surface area contributed by atoms with E-state index in [4.69, 9.17) is 21.1 Å². The minimum absolute atomic E-state index is 0.00993. The van der Waals surface area contributed by atoms with Crippen molar-refractivity contribution in [3.8, 4) is 5.75 Å². The Morgan fingerprint density at radius 3 is 2.29 bits per heavy atom. The van der Waals surface area contributed by atoms with Crippen LogP contribution in [0, 0.1) is 5.92 Å². The average molecular weight is 826 g/mol. The van der Waals surface area contributed by atoms with Crippen LogP contribution >= 0.6 is 11.6 Å². The molecule has 302 valence electrons. The SMILES string of the molecule is COc1ccc([Si](C)(C)[C@@H]2[C@@H](CCn3cc(C(CO)c4ccccc4)nn3)O[C@]3(C(=O)N(Cc4ccc(N(C=O)c5ccccc5)cc4)c4ccc(Cl)cc43)[C@H]2C)cc1. The first-order chi connectivity index (χ1) is 28.6. The van der Waals surface area contributed by atoms with Crippen LogP contribution in [0.15, 0.2) is 134 Å². The summed E-state index contributed by atoms with van der Waals surface area (Å²) in [6.45, 7) is 7.61. The Morgan fingerprint density at radius 2 is 1.63 bits per heavy atom. The number of hydrogen-bond acceptors (Lipinski definition) is 7. The van der Waals surface area contributed by atoms with Crippen molar-refractivity contribution in [1.82, 2.24) is 15.0 Å². The van der Waals surface area contributed by atoms with Crippen LogP contribution in [0.3, 0.4) is 0 Å². The molecule has 1 saturated heterocycles. The van der Waals surface area contributed by atoms with Crippen LogP contribution in [0.25, 0.3) is 0 Å². The van der Waals surface area contributed by atoms with Crippen molar-refractivity contribution in [3.05, 3.63) is 161 Å². The van der Waals surface area contributed by atoms with Crippen molar-refractivity contribution in [2.24, 2.45) is 5.92 Å². The van der Waals surface area contributed by atoms with Crippen molar-refractivity contribution in [2.75, 3.05) is 23.5 Å². The summed E-state index contributed by atoms with van der Waals surface area (Å²) < 4.78 is 14.7. The number of methoxy groups -OCH3 is 1. The summed E-state index contributed by atoms with van der Waals surface area (Å²) in [6.07, 6.45) is 2.98. The smallest absolute Gasteiger partial charge is 0.264 e. The molecule has 12 heteroatoms. The van der Waals surface area contributed by atoms with E-state index in [1.807, 2.05) is 131 Å². The first kappa shape index (κ1) is 40.2. The molecule has 1 unspecified atom stereocenters. The standard InChI is InChI=1S/C47H48ClN5O5Si/c1-32-45(59(3,4)39-22-20-38(57-2)21-23-39)44(25-26-51-29-42(49-50-51)40(30-54)34-11-7-5-8-12-34)58-47(32)41-27-35(48)17-24-43(41)52(46(47)56)28-33-15-18-37(19-16-33)53(31-55)36-13-9-6-10-14-36/h5-24,27,29,31-32,40,44-45,54H,25-26,28,30H2,1-4H3/t32-,40?,44+,45-,47+/m0/s1. The Hall–Kier alpha value is -5.59. The number of amides is 2. The van der Waals surface area contributed by atoms with Crippen LogP contribution in [0.4, 0.5) is 17.1 Å². The second kappa shape index (κ2) is 16.6. The molecule has 1 spiro atoms. The first-order valence-electron chi connectivity index (χ1n) is 20.0. The van der Waals surface area contributed by atoms with Gasteiger partial charge in [0.25, 0.3) is 5.91 Å². The molecule has 8 rings (SSSR count). The van der Waals surface area contributed by atoms with Crippen molar-refractivity contribution in [1.29, 1.82) is 0 Å². The lowest BCUT2D eigenvalue weighted by atomic mass is 9.82. The van der Waals surface area contributed by atoms with E-state index in [2.05, 4.69) is 42.5 Å². The van der Waals surface area contributed by atoms with E-state index in [-0.39, 0.29) is 36.0 Å². The lowest BCUT2D eigenvalue weighted by Gasteiger charge is -2.37. The zero-order valence-corrected chi connectivity index (χ0v) is 35.4. The Bertz CT molecular complexity index is 2410. The van der Waals surface area contributed by atoms with Crippen LogP contribution in [-0.2, 0) is 33.0 Å². The van der Waals surface area contributed by atoms with Crippen LogP contribution in [-0.4, -0.2) is 60.3 Å². The number of aliphatic hydroxyl groups excluding tert-OH is 1. The average Bonchev–Trinajstić information content (AvgIpc) is 3.92. The molecule has 5 atom stereocenters. The highest BCUT2D eigenvalue weighted by atomic mass is 35.5. The molecule has 5 aromatic carbocycles. The number of para-hydroxylation sites is 1. The number of carbonyl (C=O) groups excluding carboxylic acids is 2. The Kier molecular flexibility index (Phi) is 11.3. The highest BCUT2D eigenvalue weighted by molar-refractivity contribution is 6.91. The maximum absolute atomic E-state index is 15.3. The van der Waals surface area contributed by atoms with Gasteiger partial charge in [-0.1, -0.05) is 115 Å². The first-order valence-corrected chi connectivity index (χ1v) is 23.4. The van der Waals surface area contributed by atoms with Gasteiger partial charge >= 0.3 is 0 Å². The van der Waals surface area contributed by atoms with E-state index < -0.39 is 13.7 Å². The number of benzene rings is 5. The third-order valence-electron chi connectivity index (χ3n) is 12.4. The van der Waals surface area contributed by atoms with Crippen molar-refractivity contribution in [3.63, 3.8) is 0 Å². The number of rotatable bonds is 14. The second-order valence-electron chi connectivity index (χ2n) is 16.0. The zero-order valence-electron chi connectivity index (χ0n) is 33.6. The summed E-state index contributed by atoms with van der Waals surface area (Å²) in [7, 11) is -0.740. The Labute approximate surface area is 351 Å². The van der Waals surface area contributed by atoms with Gasteiger partial charge in [-0.3, -0.25) is 19.2 Å². The van der Waals surface area contributed by atoms with Gasteiger partial charge in [-0.2, -0.15) is 0 Å². The lowest BCUT2D eigenvalue weighted by Crippen LogP contribution is -2.51. The zero-order chi connectivity index (χ0) is 41.3. The van der Waals surface area contributed by atoms with Gasteiger partial charge in [0, 0.05) is 40.6 Å². The molecule has 2 amide bonds. The van der Waals surface area contributed by atoms with Crippen LogP contribution in [0.5, 0.6) is 5.75 Å². The Balaban J connectivity index is 1.12. The van der Waals surface area contributed by atoms with Crippen LogP contribution in [0.1, 0.15) is 41.6 Å². The van der Waals surface area contributed by atoms with Crippen molar-refractivity contribution in [2.45, 2.75) is 62.7 Å². The quantitative estimate of drug-likeness (QED) is 0.0871. The summed E-state index contributed by atoms with van der Waals surface area (Å²) in [5.74, 6) is 0.160. The van der Waals surface area contributed by atoms with E-state index in [0.717, 1.165) is 45.9 Å². The van der Waals surface area contributed by atoms with Gasteiger partial charge in [-0.15, -0.1) is 5.10 Å². The molecule has 2 aliphatic rings. The number of ether oxygens (including phenoxy) is 2. The fourth-order valence-corrected chi connectivity index (χ4v) is 13.6. The van der Waals surface area contributed by atoms with Gasteiger partial charge in [-0.05, 0) is 77.7 Å². The number of halogens is 1. The maximum atomic E-state index is 15.3. The maximum Gasteiger partial charge on any atom is 0.264 e. The van der Waals surface area contributed by atoms with Crippen LogP contribution in [0.2, 0.25) is 23.7 Å². The van der Waals surface area contributed by atoms with Crippen LogP contribution < -0.4 is 19.7 Å². The van der Waals surface area contributed by atoms with Gasteiger partial charge < -0.3 is 19.5 Å². The molecular formula is C47H48ClN5O5Si. The molecule has 0 saturated carbocycles. The minimum atomic E-state index is -2.41. The number of hydrogen-bond donors (Lipinski definition) is 1. The summed E-state index contributed by atoms with van der Waals surface area (Å²) >= 11 is 6.75. The number of anilines is 3. The predicted octanol–water partition coefficient (Wildman–Crippen LogP) is 8.21. The largest absolute Gasteiger partial charge is 0.497 e. The predicted molar refractivity (Wildman–Crippen MR) is 233 cm³/mol. The van der Waals surface area contributed by atoms with E-state index in [1.54, 1.807) is 12.0 Å². The number of nitrogens with zero attached hydrogens (tertiary/aromatic N) is 5. The third-order valence-corrected chi connectivity index (χ3v) is 17.0.